The van der Waals surface area contributed by atoms with Crippen molar-refractivity contribution in [1.29, 1.82) is 0 Å². The van der Waals surface area contributed by atoms with Crippen molar-refractivity contribution in [1.82, 2.24) is 0 Å². The van der Waals surface area contributed by atoms with E-state index in [1.54, 1.807) is 0 Å². The SMILES string of the molecule is Cc1ccc(N(c2ccc(C)cc2)c2cccc(C3=CC=CC=CC3C)c2)cc1. The fourth-order valence-electron chi connectivity index (χ4n) is 3.73. The van der Waals surface area contributed by atoms with Gasteiger partial charge < -0.3 is 4.90 Å². The van der Waals surface area contributed by atoms with Crippen LogP contribution >= 0.6 is 0 Å². The Morgan fingerprint density at radius 3 is 1.90 bits per heavy atom. The molecule has 29 heavy (non-hydrogen) atoms. The highest BCUT2D eigenvalue weighted by Gasteiger charge is 2.15. The third-order valence-corrected chi connectivity index (χ3v) is 5.41. The lowest BCUT2D eigenvalue weighted by Crippen LogP contribution is -2.10. The molecule has 1 nitrogen and oxygen atoms in total. The zero-order valence-corrected chi connectivity index (χ0v) is 17.3. The van der Waals surface area contributed by atoms with E-state index < -0.39 is 0 Å². The molecule has 0 radical (unpaired) electrons. The van der Waals surface area contributed by atoms with Crippen molar-refractivity contribution in [3.63, 3.8) is 0 Å². The Balaban J connectivity index is 1.82. The van der Waals surface area contributed by atoms with E-state index in [2.05, 4.69) is 129 Å². The molecule has 1 heteroatoms. The number of rotatable bonds is 4. The van der Waals surface area contributed by atoms with E-state index >= 15 is 0 Å². The van der Waals surface area contributed by atoms with Crippen LogP contribution in [0.5, 0.6) is 0 Å². The molecule has 0 fully saturated rings. The van der Waals surface area contributed by atoms with Crippen LogP contribution in [0, 0.1) is 19.8 Å². The van der Waals surface area contributed by atoms with Gasteiger partial charge in [0.1, 0.15) is 0 Å². The molecule has 3 aromatic rings. The predicted octanol–water partition coefficient (Wildman–Crippen LogP) is 7.92. The zero-order chi connectivity index (χ0) is 20.2. The third kappa shape index (κ3) is 4.25. The molecule has 1 unspecified atom stereocenters. The van der Waals surface area contributed by atoms with E-state index in [4.69, 9.17) is 0 Å². The Kier molecular flexibility index (Phi) is 5.48. The van der Waals surface area contributed by atoms with Crippen molar-refractivity contribution < 1.29 is 0 Å². The summed E-state index contributed by atoms with van der Waals surface area (Å²) in [6.07, 6.45) is 10.8. The van der Waals surface area contributed by atoms with Crippen LogP contribution in [0.1, 0.15) is 23.6 Å². The number of allylic oxidation sites excluding steroid dienone is 6. The van der Waals surface area contributed by atoms with Crippen LogP contribution in [0.3, 0.4) is 0 Å². The van der Waals surface area contributed by atoms with E-state index in [1.165, 1.54) is 39.3 Å². The van der Waals surface area contributed by atoms with Crippen LogP contribution < -0.4 is 4.90 Å². The van der Waals surface area contributed by atoms with Gasteiger partial charge in [0, 0.05) is 17.1 Å². The number of hydrogen-bond donors (Lipinski definition) is 0. The summed E-state index contributed by atoms with van der Waals surface area (Å²) in [5, 5.41) is 0. The zero-order valence-electron chi connectivity index (χ0n) is 17.3. The number of aryl methyl sites for hydroxylation is 2. The summed E-state index contributed by atoms with van der Waals surface area (Å²) >= 11 is 0. The van der Waals surface area contributed by atoms with E-state index in [0.29, 0.717) is 5.92 Å². The molecule has 4 rings (SSSR count). The summed E-state index contributed by atoms with van der Waals surface area (Å²) in [6, 6.07) is 26.3. The van der Waals surface area contributed by atoms with E-state index in [1.807, 2.05) is 0 Å². The monoisotopic (exact) mass is 377 g/mol. The van der Waals surface area contributed by atoms with E-state index in [-0.39, 0.29) is 0 Å². The number of nitrogens with zero attached hydrogens (tertiary/aromatic N) is 1. The van der Waals surface area contributed by atoms with E-state index in [9.17, 15) is 0 Å². The van der Waals surface area contributed by atoms with Gasteiger partial charge in [-0.25, -0.2) is 0 Å². The maximum absolute atomic E-state index is 2.33. The molecule has 1 atom stereocenters. The van der Waals surface area contributed by atoms with Crippen LogP contribution in [-0.2, 0) is 0 Å². The van der Waals surface area contributed by atoms with Crippen LogP contribution in [-0.4, -0.2) is 0 Å². The lowest BCUT2D eigenvalue weighted by Gasteiger charge is -2.26. The second kappa shape index (κ2) is 8.36. The second-order valence-electron chi connectivity index (χ2n) is 7.74. The smallest absolute Gasteiger partial charge is 0.0467 e. The van der Waals surface area contributed by atoms with Crippen molar-refractivity contribution in [3.8, 4) is 0 Å². The fourth-order valence-corrected chi connectivity index (χ4v) is 3.73. The van der Waals surface area contributed by atoms with E-state index in [0.717, 1.165) is 0 Å². The van der Waals surface area contributed by atoms with Gasteiger partial charge in [-0.3, -0.25) is 0 Å². The molecule has 0 aliphatic heterocycles. The fraction of sp³-hybridized carbons (Fsp3) is 0.143. The second-order valence-corrected chi connectivity index (χ2v) is 7.74. The van der Waals surface area contributed by atoms with Gasteiger partial charge in [0.05, 0.1) is 0 Å². The molecule has 1 aliphatic rings. The van der Waals surface area contributed by atoms with Crippen molar-refractivity contribution >= 4 is 22.6 Å². The van der Waals surface area contributed by atoms with Crippen molar-refractivity contribution in [2.75, 3.05) is 4.90 Å². The third-order valence-electron chi connectivity index (χ3n) is 5.41. The van der Waals surface area contributed by atoms with Gasteiger partial charge in [0.25, 0.3) is 0 Å². The lowest BCUT2D eigenvalue weighted by molar-refractivity contribution is 0.966. The van der Waals surface area contributed by atoms with Crippen molar-refractivity contribution in [3.05, 3.63) is 120 Å². The van der Waals surface area contributed by atoms with Gasteiger partial charge in [-0.2, -0.15) is 0 Å². The van der Waals surface area contributed by atoms with Gasteiger partial charge >= 0.3 is 0 Å². The number of hydrogen-bond acceptors (Lipinski definition) is 1. The Labute approximate surface area is 174 Å². The van der Waals surface area contributed by atoms with Gasteiger partial charge in [0.15, 0.2) is 0 Å². The summed E-state index contributed by atoms with van der Waals surface area (Å²) in [7, 11) is 0. The Morgan fingerprint density at radius 2 is 1.28 bits per heavy atom. The Hall–Kier alpha value is -3.32. The first kappa shape index (κ1) is 19.0. The molecule has 0 amide bonds. The number of benzene rings is 3. The first-order valence-electron chi connectivity index (χ1n) is 10.2. The average Bonchev–Trinajstić information content (AvgIpc) is 2.96. The normalized spacial score (nSPS) is 15.7. The van der Waals surface area contributed by atoms with Gasteiger partial charge in [0.2, 0.25) is 0 Å². The topological polar surface area (TPSA) is 3.24 Å². The van der Waals surface area contributed by atoms with Crippen LogP contribution in [0.4, 0.5) is 17.1 Å². The molecule has 0 N–H and O–H groups in total. The maximum Gasteiger partial charge on any atom is 0.0467 e. The summed E-state index contributed by atoms with van der Waals surface area (Å²) < 4.78 is 0. The van der Waals surface area contributed by atoms with Crippen LogP contribution in [0.15, 0.2) is 103 Å². The molecular formula is C28H27N. The highest BCUT2D eigenvalue weighted by Crippen LogP contribution is 2.37. The maximum atomic E-state index is 2.33. The molecule has 0 spiro atoms. The quantitative estimate of drug-likeness (QED) is 0.446. The highest BCUT2D eigenvalue weighted by molar-refractivity contribution is 5.80. The first-order chi connectivity index (χ1) is 14.1. The van der Waals surface area contributed by atoms with Gasteiger partial charge in [-0.1, -0.05) is 84.8 Å². The molecule has 144 valence electrons. The lowest BCUT2D eigenvalue weighted by atomic mass is 9.93. The average molecular weight is 378 g/mol. The number of anilines is 3. The largest absolute Gasteiger partial charge is 0.310 e. The van der Waals surface area contributed by atoms with Gasteiger partial charge in [-0.15, -0.1) is 0 Å². The first-order valence-corrected chi connectivity index (χ1v) is 10.2. The minimum absolute atomic E-state index is 0.382. The minimum Gasteiger partial charge on any atom is -0.310 e. The summed E-state index contributed by atoms with van der Waals surface area (Å²) in [5.74, 6) is 0.382. The molecular weight excluding hydrogens is 350 g/mol. The molecule has 3 aromatic carbocycles. The molecule has 0 heterocycles. The molecule has 0 bridgehead atoms. The summed E-state index contributed by atoms with van der Waals surface area (Å²) in [6.45, 7) is 6.50. The molecule has 0 saturated heterocycles. The summed E-state index contributed by atoms with van der Waals surface area (Å²) in [5.41, 5.74) is 8.63. The Bertz CT molecular complexity index is 1020. The van der Waals surface area contributed by atoms with Crippen LogP contribution in [0.25, 0.3) is 5.57 Å². The molecule has 1 aliphatic carbocycles. The minimum atomic E-state index is 0.382. The molecule has 0 aromatic heterocycles. The Morgan fingerprint density at radius 1 is 0.655 bits per heavy atom. The van der Waals surface area contributed by atoms with Crippen LogP contribution in [0.2, 0.25) is 0 Å². The highest BCUT2D eigenvalue weighted by atomic mass is 15.1. The van der Waals surface area contributed by atoms with Crippen molar-refractivity contribution in [2.24, 2.45) is 5.92 Å². The predicted molar refractivity (Wildman–Crippen MR) is 126 cm³/mol. The molecule has 0 saturated carbocycles. The standard InChI is InChI=1S/C28H27N/c1-21-12-16-25(17-13-21)29(26-18-14-22(2)15-19-26)27-10-7-9-24(20-27)28-11-6-4-5-8-23(28)3/h4-20,23H,1-3H3. The van der Waals surface area contributed by atoms with Gasteiger partial charge in [-0.05, 0) is 67.3 Å². The van der Waals surface area contributed by atoms with Crippen molar-refractivity contribution in [2.45, 2.75) is 20.8 Å². The summed E-state index contributed by atoms with van der Waals surface area (Å²) in [4.78, 5) is 2.33.